The standard InChI is InChI=1S/C18H19N3O2.C2H6/c1-12-9-15-14-5-3-4-6-16(14)21(18(15)20-10-12)13(11-22)7-8-17(23)19-2;1-2/h3-6,9-11,13H,7-8H2,1-2H3,(H,19,23);1-2H3. The molecule has 1 amide bonds. The van der Waals surface area contributed by atoms with Crippen LogP contribution in [-0.4, -0.2) is 28.8 Å². The third-order valence-electron chi connectivity index (χ3n) is 4.12. The second-order valence-electron chi connectivity index (χ2n) is 5.69. The lowest BCUT2D eigenvalue weighted by Crippen LogP contribution is -2.20. The number of aldehydes is 1. The topological polar surface area (TPSA) is 64.0 Å². The Kier molecular flexibility index (Phi) is 6.28. The summed E-state index contributed by atoms with van der Waals surface area (Å²) in [5, 5.41) is 4.70. The fourth-order valence-electron chi connectivity index (χ4n) is 2.98. The molecular weight excluding hydrogens is 314 g/mol. The molecule has 0 fully saturated rings. The van der Waals surface area contributed by atoms with Gasteiger partial charge in [-0.15, -0.1) is 0 Å². The van der Waals surface area contributed by atoms with E-state index >= 15 is 0 Å². The maximum absolute atomic E-state index is 11.7. The summed E-state index contributed by atoms with van der Waals surface area (Å²) >= 11 is 0. The van der Waals surface area contributed by atoms with Crippen LogP contribution in [0.3, 0.4) is 0 Å². The Balaban J connectivity index is 0.00000109. The maximum atomic E-state index is 11.7. The summed E-state index contributed by atoms with van der Waals surface area (Å²) in [6.45, 7) is 6.00. The van der Waals surface area contributed by atoms with Gasteiger partial charge in [-0.1, -0.05) is 32.0 Å². The van der Waals surface area contributed by atoms with Crippen LogP contribution >= 0.6 is 0 Å². The van der Waals surface area contributed by atoms with Gasteiger partial charge in [-0.3, -0.25) is 4.79 Å². The Bertz CT molecular complexity index is 883. The van der Waals surface area contributed by atoms with Crippen molar-refractivity contribution in [1.29, 1.82) is 0 Å². The minimum absolute atomic E-state index is 0.0681. The number of carbonyl (C=O) groups excluding carboxylic acids is 2. The number of nitrogens with one attached hydrogen (secondary N) is 1. The smallest absolute Gasteiger partial charge is 0.219 e. The lowest BCUT2D eigenvalue weighted by Gasteiger charge is -2.14. The number of para-hydroxylation sites is 1. The van der Waals surface area contributed by atoms with Crippen LogP contribution in [0.25, 0.3) is 21.9 Å². The Morgan fingerprint density at radius 2 is 2.00 bits per heavy atom. The molecule has 0 bridgehead atoms. The van der Waals surface area contributed by atoms with Crippen LogP contribution in [0.2, 0.25) is 0 Å². The molecule has 1 aromatic carbocycles. The van der Waals surface area contributed by atoms with E-state index in [0.717, 1.165) is 33.8 Å². The van der Waals surface area contributed by atoms with Gasteiger partial charge in [-0.2, -0.15) is 0 Å². The first-order chi connectivity index (χ1) is 12.2. The second kappa shape index (κ2) is 8.42. The number of fused-ring (bicyclic) bond motifs is 3. The first-order valence-corrected chi connectivity index (χ1v) is 8.67. The zero-order valence-corrected chi connectivity index (χ0v) is 15.2. The van der Waals surface area contributed by atoms with Gasteiger partial charge in [-0.25, -0.2) is 4.98 Å². The van der Waals surface area contributed by atoms with Gasteiger partial charge in [0, 0.05) is 30.4 Å². The quantitative estimate of drug-likeness (QED) is 0.719. The molecule has 1 unspecified atom stereocenters. The van der Waals surface area contributed by atoms with Gasteiger partial charge in [0.25, 0.3) is 0 Å². The highest BCUT2D eigenvalue weighted by molar-refractivity contribution is 6.07. The minimum Gasteiger partial charge on any atom is -0.359 e. The predicted molar refractivity (Wildman–Crippen MR) is 102 cm³/mol. The number of amides is 1. The number of carbonyl (C=O) groups is 2. The fourth-order valence-corrected chi connectivity index (χ4v) is 2.98. The van der Waals surface area contributed by atoms with Gasteiger partial charge < -0.3 is 14.7 Å². The number of hydrogen-bond donors (Lipinski definition) is 1. The summed E-state index contributed by atoms with van der Waals surface area (Å²) in [6.07, 6.45) is 3.46. The van der Waals surface area contributed by atoms with Crippen molar-refractivity contribution in [2.45, 2.75) is 39.7 Å². The number of benzene rings is 1. The summed E-state index contributed by atoms with van der Waals surface area (Å²) in [7, 11) is 1.60. The normalized spacial score (nSPS) is 11.7. The number of hydrogen-bond acceptors (Lipinski definition) is 3. The van der Waals surface area contributed by atoms with Crippen molar-refractivity contribution in [2.75, 3.05) is 7.05 Å². The van der Waals surface area contributed by atoms with Crippen molar-refractivity contribution in [3.05, 3.63) is 42.1 Å². The molecule has 0 aliphatic rings. The SMILES string of the molecule is CC.CNC(=O)CCC(C=O)n1c2ccccc2c2cc(C)cnc21. The molecule has 0 spiro atoms. The van der Waals surface area contributed by atoms with Crippen LogP contribution in [0.5, 0.6) is 0 Å². The molecule has 0 aliphatic carbocycles. The molecule has 132 valence electrons. The second-order valence-corrected chi connectivity index (χ2v) is 5.69. The Morgan fingerprint density at radius 3 is 2.68 bits per heavy atom. The van der Waals surface area contributed by atoms with Crippen LogP contribution in [-0.2, 0) is 9.59 Å². The summed E-state index contributed by atoms with van der Waals surface area (Å²) in [6, 6.07) is 9.63. The zero-order chi connectivity index (χ0) is 18.4. The summed E-state index contributed by atoms with van der Waals surface area (Å²) in [5.41, 5.74) is 2.83. The highest BCUT2D eigenvalue weighted by atomic mass is 16.1. The van der Waals surface area contributed by atoms with E-state index in [9.17, 15) is 9.59 Å². The molecule has 2 aromatic heterocycles. The van der Waals surface area contributed by atoms with Crippen molar-refractivity contribution in [3.8, 4) is 0 Å². The van der Waals surface area contributed by atoms with Gasteiger partial charge in [0.2, 0.25) is 5.91 Å². The lowest BCUT2D eigenvalue weighted by atomic mass is 10.1. The van der Waals surface area contributed by atoms with E-state index < -0.39 is 6.04 Å². The van der Waals surface area contributed by atoms with E-state index in [1.807, 2.05) is 49.6 Å². The molecule has 0 saturated carbocycles. The predicted octanol–water partition coefficient (Wildman–Crippen LogP) is 3.79. The van der Waals surface area contributed by atoms with Gasteiger partial charge >= 0.3 is 0 Å². The summed E-state index contributed by atoms with van der Waals surface area (Å²) in [5.74, 6) is -0.0681. The molecule has 0 radical (unpaired) electrons. The Labute approximate surface area is 148 Å². The molecule has 5 nitrogen and oxygen atoms in total. The highest BCUT2D eigenvalue weighted by Gasteiger charge is 2.19. The van der Waals surface area contributed by atoms with Crippen molar-refractivity contribution < 1.29 is 9.59 Å². The van der Waals surface area contributed by atoms with Gasteiger partial charge in [0.05, 0.1) is 11.6 Å². The van der Waals surface area contributed by atoms with E-state index in [1.54, 1.807) is 13.2 Å². The van der Waals surface area contributed by atoms with Crippen LogP contribution in [0.1, 0.15) is 38.3 Å². The molecule has 3 aromatic rings. The van der Waals surface area contributed by atoms with Crippen LogP contribution < -0.4 is 5.32 Å². The molecule has 5 heteroatoms. The maximum Gasteiger partial charge on any atom is 0.219 e. The number of rotatable bonds is 5. The molecule has 0 saturated heterocycles. The van der Waals surface area contributed by atoms with Crippen molar-refractivity contribution in [1.82, 2.24) is 14.9 Å². The van der Waals surface area contributed by atoms with E-state index in [4.69, 9.17) is 0 Å². The average Bonchev–Trinajstić information content (AvgIpc) is 2.98. The minimum atomic E-state index is -0.412. The number of nitrogens with zero attached hydrogens (tertiary/aromatic N) is 2. The van der Waals surface area contributed by atoms with Gasteiger partial charge in [0.15, 0.2) is 0 Å². The zero-order valence-electron chi connectivity index (χ0n) is 15.2. The average molecular weight is 339 g/mol. The largest absolute Gasteiger partial charge is 0.359 e. The molecule has 1 atom stereocenters. The van der Waals surface area contributed by atoms with E-state index in [-0.39, 0.29) is 5.91 Å². The summed E-state index contributed by atoms with van der Waals surface area (Å²) < 4.78 is 1.94. The number of aromatic nitrogens is 2. The van der Waals surface area contributed by atoms with Crippen LogP contribution in [0, 0.1) is 6.92 Å². The van der Waals surface area contributed by atoms with Gasteiger partial charge in [-0.05, 0) is 31.0 Å². The lowest BCUT2D eigenvalue weighted by molar-refractivity contribution is -0.121. The first kappa shape index (κ1) is 18.6. The fraction of sp³-hybridized carbons (Fsp3) is 0.350. The van der Waals surface area contributed by atoms with E-state index in [2.05, 4.69) is 16.4 Å². The number of aryl methyl sites for hydroxylation is 1. The molecule has 25 heavy (non-hydrogen) atoms. The Morgan fingerprint density at radius 1 is 1.28 bits per heavy atom. The Hall–Kier alpha value is -2.69. The third kappa shape index (κ3) is 3.71. The molecular formula is C20H25N3O2. The molecule has 3 rings (SSSR count). The van der Waals surface area contributed by atoms with E-state index in [1.165, 1.54) is 0 Å². The molecule has 2 heterocycles. The van der Waals surface area contributed by atoms with Crippen LogP contribution in [0.15, 0.2) is 36.5 Å². The first-order valence-electron chi connectivity index (χ1n) is 8.67. The highest BCUT2D eigenvalue weighted by Crippen LogP contribution is 2.31. The van der Waals surface area contributed by atoms with Crippen molar-refractivity contribution in [2.24, 2.45) is 0 Å². The van der Waals surface area contributed by atoms with E-state index in [0.29, 0.717) is 12.8 Å². The third-order valence-corrected chi connectivity index (χ3v) is 4.12. The monoisotopic (exact) mass is 339 g/mol. The van der Waals surface area contributed by atoms with Crippen molar-refractivity contribution >= 4 is 34.1 Å². The number of pyridine rings is 1. The van der Waals surface area contributed by atoms with Crippen molar-refractivity contribution in [3.63, 3.8) is 0 Å². The summed E-state index contributed by atoms with van der Waals surface area (Å²) in [4.78, 5) is 27.7. The molecule has 0 aliphatic heterocycles. The molecule has 1 N–H and O–H groups in total. The van der Waals surface area contributed by atoms with Crippen LogP contribution in [0.4, 0.5) is 0 Å². The van der Waals surface area contributed by atoms with Gasteiger partial charge in [0.1, 0.15) is 11.9 Å².